The molecule has 2 heterocycles. The maximum absolute atomic E-state index is 13.2. The number of carbonyl (C=O) groups excluding carboxylic acids is 4. The first-order chi connectivity index (χ1) is 17.3. The Bertz CT molecular complexity index is 1220. The topological polar surface area (TPSA) is 109 Å². The van der Waals surface area contributed by atoms with E-state index < -0.39 is 23.9 Å². The summed E-state index contributed by atoms with van der Waals surface area (Å²) in [6, 6.07) is 16.8. The van der Waals surface area contributed by atoms with Crippen molar-refractivity contribution in [2.24, 2.45) is 5.92 Å². The number of amides is 3. The van der Waals surface area contributed by atoms with E-state index in [1.54, 1.807) is 12.1 Å². The first kappa shape index (κ1) is 25.2. The lowest BCUT2D eigenvalue weighted by molar-refractivity contribution is -0.134. The van der Waals surface area contributed by atoms with E-state index >= 15 is 0 Å². The molecule has 3 aromatic rings. The van der Waals surface area contributed by atoms with Crippen molar-refractivity contribution in [2.75, 3.05) is 6.54 Å². The van der Waals surface area contributed by atoms with Gasteiger partial charge in [-0.3, -0.25) is 19.2 Å². The van der Waals surface area contributed by atoms with E-state index in [0.717, 1.165) is 10.9 Å². The Kier molecular flexibility index (Phi) is 7.83. The van der Waals surface area contributed by atoms with Gasteiger partial charge < -0.3 is 20.0 Å². The average molecular weight is 490 g/mol. The van der Waals surface area contributed by atoms with Gasteiger partial charge in [-0.2, -0.15) is 0 Å². The first-order valence-electron chi connectivity index (χ1n) is 12.2. The summed E-state index contributed by atoms with van der Waals surface area (Å²) in [5, 5.41) is 6.34. The maximum atomic E-state index is 13.2. The Hall–Kier alpha value is -3.94. The van der Waals surface area contributed by atoms with Gasteiger partial charge in [-0.25, -0.2) is 0 Å². The SMILES string of the molecule is CC(C)CC(NC(=O)c1cc2ccccc2o1)C(=O)N[C@H]1CCC(=O)N(Cc2ccccc2)CC1=O. The fourth-order valence-electron chi connectivity index (χ4n) is 4.37. The van der Waals surface area contributed by atoms with Gasteiger partial charge in [0.1, 0.15) is 11.6 Å². The highest BCUT2D eigenvalue weighted by molar-refractivity contribution is 6.00. The van der Waals surface area contributed by atoms with Crippen molar-refractivity contribution in [1.29, 1.82) is 0 Å². The van der Waals surface area contributed by atoms with Crippen LogP contribution in [-0.2, 0) is 20.9 Å². The van der Waals surface area contributed by atoms with E-state index in [2.05, 4.69) is 10.6 Å². The van der Waals surface area contributed by atoms with Crippen LogP contribution < -0.4 is 10.6 Å². The van der Waals surface area contributed by atoms with Gasteiger partial charge in [0, 0.05) is 18.4 Å². The van der Waals surface area contributed by atoms with Gasteiger partial charge in [0.15, 0.2) is 11.5 Å². The number of hydrogen-bond acceptors (Lipinski definition) is 5. The Morgan fingerprint density at radius 3 is 2.50 bits per heavy atom. The standard InChI is InChI=1S/C28H31N3O5/c1-18(2)14-22(30-28(35)25-15-20-10-6-7-11-24(20)36-25)27(34)29-21-12-13-26(33)31(17-23(21)32)16-19-8-4-3-5-9-19/h3-11,15,18,21-22H,12-14,16-17H2,1-2H3,(H,29,34)(H,30,35)/t21-,22?/m0/s1. The molecule has 8 heteroatoms. The second-order valence-corrected chi connectivity index (χ2v) is 9.61. The van der Waals surface area contributed by atoms with E-state index in [0.29, 0.717) is 18.5 Å². The van der Waals surface area contributed by atoms with E-state index in [9.17, 15) is 19.2 Å². The molecule has 1 unspecified atom stereocenters. The summed E-state index contributed by atoms with van der Waals surface area (Å²) in [7, 11) is 0. The molecule has 1 aliphatic heterocycles. The minimum atomic E-state index is -0.849. The first-order valence-corrected chi connectivity index (χ1v) is 12.2. The summed E-state index contributed by atoms with van der Waals surface area (Å²) in [5.41, 5.74) is 1.52. The number of nitrogens with zero attached hydrogens (tertiary/aromatic N) is 1. The number of rotatable bonds is 8. The van der Waals surface area contributed by atoms with Crippen LogP contribution in [0.5, 0.6) is 0 Å². The van der Waals surface area contributed by atoms with E-state index in [-0.39, 0.29) is 42.8 Å². The highest BCUT2D eigenvalue weighted by Gasteiger charge is 2.32. The van der Waals surface area contributed by atoms with Gasteiger partial charge in [-0.1, -0.05) is 62.4 Å². The van der Waals surface area contributed by atoms with Gasteiger partial charge in [0.25, 0.3) is 5.91 Å². The number of para-hydroxylation sites is 1. The molecule has 1 saturated heterocycles. The van der Waals surface area contributed by atoms with Crippen LogP contribution in [0.3, 0.4) is 0 Å². The minimum absolute atomic E-state index is 0.0706. The molecule has 2 atom stereocenters. The predicted octanol–water partition coefficient (Wildman–Crippen LogP) is 3.45. The number of carbonyl (C=O) groups is 4. The van der Waals surface area contributed by atoms with E-state index in [1.807, 2.05) is 62.4 Å². The smallest absolute Gasteiger partial charge is 0.287 e. The Morgan fingerprint density at radius 1 is 1.06 bits per heavy atom. The van der Waals surface area contributed by atoms with Gasteiger partial charge in [-0.05, 0) is 36.5 Å². The summed E-state index contributed by atoms with van der Waals surface area (Å²) < 4.78 is 5.63. The zero-order valence-corrected chi connectivity index (χ0v) is 20.5. The summed E-state index contributed by atoms with van der Waals surface area (Å²) in [6.45, 7) is 4.17. The summed E-state index contributed by atoms with van der Waals surface area (Å²) in [4.78, 5) is 53.2. The van der Waals surface area contributed by atoms with Crippen molar-refractivity contribution in [3.05, 3.63) is 72.0 Å². The Labute approximate surface area is 210 Å². The van der Waals surface area contributed by atoms with Crippen LogP contribution in [-0.4, -0.2) is 47.0 Å². The fourth-order valence-corrected chi connectivity index (χ4v) is 4.37. The highest BCUT2D eigenvalue weighted by Crippen LogP contribution is 2.19. The normalized spacial score (nSPS) is 17.2. The lowest BCUT2D eigenvalue weighted by Gasteiger charge is -2.23. The summed E-state index contributed by atoms with van der Waals surface area (Å²) >= 11 is 0. The number of ketones is 1. The lowest BCUT2D eigenvalue weighted by Crippen LogP contribution is -2.52. The van der Waals surface area contributed by atoms with Crippen LogP contribution in [0.15, 0.2) is 65.1 Å². The summed E-state index contributed by atoms with van der Waals surface area (Å²) in [6.07, 6.45) is 0.766. The third-order valence-corrected chi connectivity index (χ3v) is 6.25. The summed E-state index contributed by atoms with van der Waals surface area (Å²) in [5.74, 6) is -1.06. The largest absolute Gasteiger partial charge is 0.451 e. The fraction of sp³-hybridized carbons (Fsp3) is 0.357. The van der Waals surface area contributed by atoms with E-state index in [1.165, 1.54) is 4.90 Å². The van der Waals surface area contributed by atoms with Gasteiger partial charge >= 0.3 is 0 Å². The van der Waals surface area contributed by atoms with Crippen molar-refractivity contribution < 1.29 is 23.6 Å². The van der Waals surface area contributed by atoms with Gasteiger partial charge in [0.05, 0.1) is 12.6 Å². The van der Waals surface area contributed by atoms with Crippen LogP contribution in [0.25, 0.3) is 11.0 Å². The van der Waals surface area contributed by atoms with Crippen molar-refractivity contribution in [1.82, 2.24) is 15.5 Å². The number of Topliss-reactive ketones (excluding diaryl/α,β-unsaturated/α-hetero) is 1. The number of hydrogen-bond donors (Lipinski definition) is 2. The molecule has 2 aromatic carbocycles. The third-order valence-electron chi connectivity index (χ3n) is 6.25. The number of nitrogens with one attached hydrogen (secondary N) is 2. The average Bonchev–Trinajstić information content (AvgIpc) is 3.25. The van der Waals surface area contributed by atoms with Crippen LogP contribution in [0.2, 0.25) is 0 Å². The van der Waals surface area contributed by atoms with Crippen LogP contribution in [0.4, 0.5) is 0 Å². The number of furan rings is 1. The number of fused-ring (bicyclic) bond motifs is 1. The monoisotopic (exact) mass is 489 g/mol. The Morgan fingerprint density at radius 2 is 1.78 bits per heavy atom. The van der Waals surface area contributed by atoms with Crippen molar-refractivity contribution in [2.45, 2.75) is 51.7 Å². The van der Waals surface area contributed by atoms with Crippen molar-refractivity contribution >= 4 is 34.5 Å². The number of likely N-dealkylation sites (tertiary alicyclic amines) is 1. The molecule has 0 spiro atoms. The van der Waals surface area contributed by atoms with Crippen LogP contribution >= 0.6 is 0 Å². The molecule has 1 fully saturated rings. The van der Waals surface area contributed by atoms with Crippen LogP contribution in [0.1, 0.15) is 49.2 Å². The maximum Gasteiger partial charge on any atom is 0.287 e. The zero-order chi connectivity index (χ0) is 25.7. The van der Waals surface area contributed by atoms with Gasteiger partial charge in [-0.15, -0.1) is 0 Å². The predicted molar refractivity (Wildman–Crippen MR) is 135 cm³/mol. The zero-order valence-electron chi connectivity index (χ0n) is 20.5. The molecule has 8 nitrogen and oxygen atoms in total. The molecule has 1 aromatic heterocycles. The molecule has 0 aliphatic carbocycles. The third kappa shape index (κ3) is 6.19. The quantitative estimate of drug-likeness (QED) is 0.504. The molecule has 0 saturated carbocycles. The molecular formula is C28H31N3O5. The Balaban J connectivity index is 1.42. The second kappa shape index (κ2) is 11.2. The molecule has 4 rings (SSSR count). The molecular weight excluding hydrogens is 458 g/mol. The van der Waals surface area contributed by atoms with Crippen LogP contribution in [0, 0.1) is 5.92 Å². The van der Waals surface area contributed by atoms with Gasteiger partial charge in [0.2, 0.25) is 11.8 Å². The molecule has 36 heavy (non-hydrogen) atoms. The van der Waals surface area contributed by atoms with E-state index in [4.69, 9.17) is 4.42 Å². The van der Waals surface area contributed by atoms with Crippen molar-refractivity contribution in [3.63, 3.8) is 0 Å². The molecule has 2 N–H and O–H groups in total. The molecule has 188 valence electrons. The lowest BCUT2D eigenvalue weighted by atomic mass is 10.0. The highest BCUT2D eigenvalue weighted by atomic mass is 16.3. The molecule has 3 amide bonds. The second-order valence-electron chi connectivity index (χ2n) is 9.61. The molecule has 0 radical (unpaired) electrons. The molecule has 0 bridgehead atoms. The minimum Gasteiger partial charge on any atom is -0.451 e. The number of benzene rings is 2. The van der Waals surface area contributed by atoms with Crippen molar-refractivity contribution in [3.8, 4) is 0 Å². The molecule has 1 aliphatic rings.